The van der Waals surface area contributed by atoms with E-state index in [0.29, 0.717) is 18.1 Å². The number of hydrogen-bond donors (Lipinski definition) is 3. The van der Waals surface area contributed by atoms with E-state index in [2.05, 4.69) is 10.2 Å². The number of aliphatic hydroxyl groups is 1. The normalized spacial score (nSPS) is 17.4. The Morgan fingerprint density at radius 2 is 1.80 bits per heavy atom. The minimum Gasteiger partial charge on any atom is -0.494 e. The maximum Gasteiger partial charge on any atom is 0.404 e. The number of likely N-dealkylation sites (tertiary alicyclic amines) is 1. The van der Waals surface area contributed by atoms with Crippen molar-refractivity contribution in [2.24, 2.45) is 11.7 Å². The lowest BCUT2D eigenvalue weighted by Gasteiger charge is -2.27. The highest BCUT2D eigenvalue weighted by molar-refractivity contribution is 7.92. The Morgan fingerprint density at radius 1 is 1.10 bits per heavy atom. The molecule has 1 saturated heterocycles. The average molecular weight is 592 g/mol. The quantitative estimate of drug-likeness (QED) is 0.264. The van der Waals surface area contributed by atoms with Crippen molar-refractivity contribution in [1.82, 2.24) is 10.2 Å². The van der Waals surface area contributed by atoms with E-state index in [1.54, 1.807) is 19.9 Å². The number of nitrogens with two attached hydrogens (primary N) is 1. The van der Waals surface area contributed by atoms with Crippen LogP contribution in [0.3, 0.4) is 0 Å². The zero-order valence-corrected chi connectivity index (χ0v) is 24.5. The van der Waals surface area contributed by atoms with Gasteiger partial charge in [-0.05, 0) is 68.1 Å². The van der Waals surface area contributed by atoms with Crippen molar-refractivity contribution in [3.8, 4) is 17.2 Å². The summed E-state index contributed by atoms with van der Waals surface area (Å²) in [7, 11) is -3.85. The van der Waals surface area contributed by atoms with Crippen LogP contribution in [-0.4, -0.2) is 81.7 Å². The molecule has 2 aromatic carbocycles. The summed E-state index contributed by atoms with van der Waals surface area (Å²) in [5, 5.41) is 12.9. The second kappa shape index (κ2) is 14.2. The molecule has 226 valence electrons. The number of carbonyl (C=O) groups excluding carboxylic acids is 1. The second-order valence-electron chi connectivity index (χ2n) is 10.8. The topological polar surface area (TPSA) is 150 Å². The number of fused-ring (bicyclic) bond motifs is 1. The number of primary amides is 1. The van der Waals surface area contributed by atoms with Gasteiger partial charge in [0.25, 0.3) is 0 Å². The number of rotatable bonds is 15. The highest BCUT2D eigenvalue weighted by Crippen LogP contribution is 2.35. The maximum absolute atomic E-state index is 13.5. The summed E-state index contributed by atoms with van der Waals surface area (Å²) < 4.78 is 48.6. The van der Waals surface area contributed by atoms with Crippen molar-refractivity contribution >= 4 is 15.9 Å². The minimum absolute atomic E-state index is 0.0345. The van der Waals surface area contributed by atoms with Crippen molar-refractivity contribution in [1.29, 1.82) is 0 Å². The Hall–Kier alpha value is -3.06. The van der Waals surface area contributed by atoms with Crippen molar-refractivity contribution < 1.29 is 37.3 Å². The zero-order valence-electron chi connectivity index (χ0n) is 23.7. The van der Waals surface area contributed by atoms with Gasteiger partial charge in [-0.3, -0.25) is 5.32 Å². The molecular weight excluding hydrogens is 550 g/mol. The molecule has 2 aliphatic heterocycles. The van der Waals surface area contributed by atoms with E-state index in [0.717, 1.165) is 24.3 Å². The van der Waals surface area contributed by atoms with Gasteiger partial charge in [0.1, 0.15) is 23.3 Å². The largest absolute Gasteiger partial charge is 0.494 e. The molecule has 2 heterocycles. The number of hydrogen-bond acceptors (Lipinski definition) is 10. The smallest absolute Gasteiger partial charge is 0.404 e. The molecule has 3 atom stereocenters. The van der Waals surface area contributed by atoms with E-state index in [1.807, 2.05) is 24.3 Å². The zero-order chi connectivity index (χ0) is 29.4. The summed E-state index contributed by atoms with van der Waals surface area (Å²) in [5.74, 6) is 1.24. The molecule has 12 heteroatoms. The molecule has 0 spiro atoms. The number of nitrogens with one attached hydrogen (secondary N) is 1. The molecule has 1 amide bonds. The molecule has 1 fully saturated rings. The average Bonchev–Trinajstić information content (AvgIpc) is 3.63. The third kappa shape index (κ3) is 8.48. The first-order chi connectivity index (χ1) is 19.6. The van der Waals surface area contributed by atoms with Gasteiger partial charge in [-0.25, -0.2) is 13.2 Å². The Labute approximate surface area is 241 Å². The Bertz CT molecular complexity index is 1250. The SMILES string of the molecule is CC(C)C(NCC(O)C(Cc1ccc(OCCCN2CCCC2)cc1)OC(N)=O)S(=O)(=O)c1ccc2c(c1)OCO2. The first kappa shape index (κ1) is 30.9. The number of sulfone groups is 1. The highest BCUT2D eigenvalue weighted by atomic mass is 32.2. The summed E-state index contributed by atoms with van der Waals surface area (Å²) in [6.45, 7) is 7.40. The van der Waals surface area contributed by atoms with Gasteiger partial charge < -0.3 is 34.7 Å². The molecule has 4 N–H and O–H groups in total. The number of ether oxygens (including phenoxy) is 4. The maximum atomic E-state index is 13.5. The molecule has 0 saturated carbocycles. The Morgan fingerprint density at radius 3 is 2.49 bits per heavy atom. The third-order valence-electron chi connectivity index (χ3n) is 7.28. The van der Waals surface area contributed by atoms with Crippen molar-refractivity contribution in [2.45, 2.75) is 62.0 Å². The molecule has 11 nitrogen and oxygen atoms in total. The lowest BCUT2D eigenvalue weighted by atomic mass is 10.0. The van der Waals surface area contributed by atoms with Gasteiger partial charge in [-0.15, -0.1) is 0 Å². The third-order valence-corrected chi connectivity index (χ3v) is 9.57. The van der Waals surface area contributed by atoms with Gasteiger partial charge in [0.15, 0.2) is 21.3 Å². The number of amides is 1. The fourth-order valence-electron chi connectivity index (χ4n) is 5.12. The van der Waals surface area contributed by atoms with Gasteiger partial charge in [0.2, 0.25) is 6.79 Å². The van der Waals surface area contributed by atoms with Gasteiger partial charge >= 0.3 is 6.09 Å². The number of aliphatic hydroxyl groups excluding tert-OH is 1. The molecule has 41 heavy (non-hydrogen) atoms. The number of nitrogens with zero attached hydrogens (tertiary/aromatic N) is 1. The van der Waals surface area contributed by atoms with Crippen LogP contribution in [0.25, 0.3) is 0 Å². The second-order valence-corrected chi connectivity index (χ2v) is 12.8. The summed E-state index contributed by atoms with van der Waals surface area (Å²) in [6, 6.07) is 11.8. The lowest BCUT2D eigenvalue weighted by molar-refractivity contribution is 0.00665. The van der Waals surface area contributed by atoms with Gasteiger partial charge in [-0.2, -0.15) is 0 Å². The molecule has 0 radical (unpaired) electrons. The summed E-state index contributed by atoms with van der Waals surface area (Å²) in [4.78, 5) is 14.1. The molecule has 2 aromatic rings. The number of carbonyl (C=O) groups is 1. The molecule has 2 aliphatic rings. The van der Waals surface area contributed by atoms with E-state index in [-0.39, 0.29) is 30.6 Å². The van der Waals surface area contributed by atoms with E-state index < -0.39 is 33.5 Å². The Balaban J connectivity index is 1.33. The van der Waals surface area contributed by atoms with E-state index in [1.165, 1.54) is 38.1 Å². The molecule has 0 aromatic heterocycles. The first-order valence-electron chi connectivity index (χ1n) is 14.1. The Kier molecular flexibility index (Phi) is 10.7. The van der Waals surface area contributed by atoms with Crippen molar-refractivity contribution in [2.75, 3.05) is 39.6 Å². The van der Waals surface area contributed by atoms with Crippen LogP contribution in [0.4, 0.5) is 4.79 Å². The van der Waals surface area contributed by atoms with Crippen LogP contribution in [0.2, 0.25) is 0 Å². The molecular formula is C29H41N3O8S. The lowest BCUT2D eigenvalue weighted by Crippen LogP contribution is -2.48. The van der Waals surface area contributed by atoms with Crippen LogP contribution in [0.5, 0.6) is 17.2 Å². The number of benzene rings is 2. The summed E-state index contributed by atoms with van der Waals surface area (Å²) >= 11 is 0. The van der Waals surface area contributed by atoms with Crippen LogP contribution in [-0.2, 0) is 21.0 Å². The molecule has 0 bridgehead atoms. The van der Waals surface area contributed by atoms with Crippen LogP contribution in [0, 0.1) is 5.92 Å². The van der Waals surface area contributed by atoms with Crippen LogP contribution < -0.4 is 25.3 Å². The molecule has 4 rings (SSSR count). The van der Waals surface area contributed by atoms with E-state index in [4.69, 9.17) is 24.7 Å². The fraction of sp³-hybridized carbons (Fsp3) is 0.552. The molecule has 3 unspecified atom stereocenters. The minimum atomic E-state index is -3.85. The van der Waals surface area contributed by atoms with Gasteiger partial charge in [0.05, 0.1) is 11.5 Å². The molecule has 0 aliphatic carbocycles. The van der Waals surface area contributed by atoms with E-state index in [9.17, 15) is 18.3 Å². The van der Waals surface area contributed by atoms with Crippen molar-refractivity contribution in [3.05, 3.63) is 48.0 Å². The summed E-state index contributed by atoms with van der Waals surface area (Å²) in [5.41, 5.74) is 6.08. The highest BCUT2D eigenvalue weighted by Gasteiger charge is 2.33. The first-order valence-corrected chi connectivity index (χ1v) is 15.6. The van der Waals surface area contributed by atoms with Crippen LogP contribution in [0.1, 0.15) is 38.7 Å². The monoisotopic (exact) mass is 591 g/mol. The van der Waals surface area contributed by atoms with Gasteiger partial charge in [-0.1, -0.05) is 26.0 Å². The van der Waals surface area contributed by atoms with Crippen molar-refractivity contribution in [3.63, 3.8) is 0 Å². The van der Waals surface area contributed by atoms with Crippen LogP contribution >= 0.6 is 0 Å². The predicted octanol–water partition coefficient (Wildman–Crippen LogP) is 2.69. The standard InChI is InChI=1S/C29H41N3O8S/c1-20(2)28(41(35,36)23-10-11-25-27(17-23)39-19-38-25)31-18-24(33)26(40-29(30)34)16-21-6-8-22(9-7-21)37-15-5-14-32-12-3-4-13-32/h6-11,17,20,24,26,28,31,33H,3-5,12-16,18-19H2,1-2H3,(H2,30,34). The van der Waals surface area contributed by atoms with Gasteiger partial charge in [0, 0.05) is 25.6 Å². The predicted molar refractivity (Wildman–Crippen MR) is 153 cm³/mol. The fourth-order valence-corrected chi connectivity index (χ4v) is 6.97. The summed E-state index contributed by atoms with van der Waals surface area (Å²) in [6.07, 6.45) is 0.434. The van der Waals surface area contributed by atoms with Crippen LogP contribution in [0.15, 0.2) is 47.4 Å². The van der Waals surface area contributed by atoms with E-state index >= 15 is 0 Å².